The monoisotopic (exact) mass is 324 g/mol. The molecule has 0 saturated carbocycles. The highest BCUT2D eigenvalue weighted by Gasteiger charge is 2.27. The molecule has 22 heavy (non-hydrogen) atoms. The Morgan fingerprint density at radius 1 is 1.50 bits per heavy atom. The van der Waals surface area contributed by atoms with Gasteiger partial charge in [0.25, 0.3) is 5.69 Å². The molecule has 9 heteroatoms. The van der Waals surface area contributed by atoms with E-state index in [1.54, 1.807) is 4.90 Å². The standard InChI is InChI=1S/C13H16N4O4S/c14-7-10-3-4-12(13(6-10)17(18)19)16-5-1-2-11(8-16)9-22(15,20)21/h3-4,6,11H,1-2,5,8-9H2,(H2,15,20,21). The van der Waals surface area contributed by atoms with Crippen LogP contribution >= 0.6 is 0 Å². The molecule has 1 aromatic carbocycles. The molecule has 1 fully saturated rings. The fourth-order valence-corrected chi connectivity index (χ4v) is 3.68. The maximum absolute atomic E-state index is 11.2. The van der Waals surface area contributed by atoms with Crippen LogP contribution in [-0.2, 0) is 10.0 Å². The van der Waals surface area contributed by atoms with Crippen molar-refractivity contribution in [1.82, 2.24) is 0 Å². The van der Waals surface area contributed by atoms with E-state index in [-0.39, 0.29) is 22.9 Å². The van der Waals surface area contributed by atoms with Crippen molar-refractivity contribution in [3.63, 3.8) is 0 Å². The summed E-state index contributed by atoms with van der Waals surface area (Å²) in [5.74, 6) is -0.285. The molecule has 0 radical (unpaired) electrons. The zero-order valence-electron chi connectivity index (χ0n) is 11.8. The van der Waals surface area contributed by atoms with Crippen LogP contribution in [0.15, 0.2) is 18.2 Å². The SMILES string of the molecule is N#Cc1ccc(N2CCCC(CS(N)(=O)=O)C2)c([N+](=O)[O-])c1. The highest BCUT2D eigenvalue weighted by atomic mass is 32.2. The highest BCUT2D eigenvalue weighted by molar-refractivity contribution is 7.89. The fourth-order valence-electron chi connectivity index (χ4n) is 2.76. The number of nitro benzene ring substituents is 1. The highest BCUT2D eigenvalue weighted by Crippen LogP contribution is 2.32. The number of nitriles is 1. The van der Waals surface area contributed by atoms with Crippen molar-refractivity contribution in [3.05, 3.63) is 33.9 Å². The summed E-state index contributed by atoms with van der Waals surface area (Å²) >= 11 is 0. The van der Waals surface area contributed by atoms with E-state index in [1.807, 2.05) is 6.07 Å². The summed E-state index contributed by atoms with van der Waals surface area (Å²) in [6.45, 7) is 0.997. The van der Waals surface area contributed by atoms with E-state index in [0.717, 1.165) is 12.8 Å². The summed E-state index contributed by atoms with van der Waals surface area (Å²) in [5.41, 5.74) is 0.479. The first kappa shape index (κ1) is 16.2. The van der Waals surface area contributed by atoms with Crippen LogP contribution in [0, 0.1) is 27.4 Å². The number of piperidine rings is 1. The van der Waals surface area contributed by atoms with E-state index in [0.29, 0.717) is 18.8 Å². The number of hydrogen-bond acceptors (Lipinski definition) is 6. The van der Waals surface area contributed by atoms with Crippen molar-refractivity contribution in [2.75, 3.05) is 23.7 Å². The molecule has 1 saturated heterocycles. The average molecular weight is 324 g/mol. The molecule has 0 spiro atoms. The quantitative estimate of drug-likeness (QED) is 0.648. The lowest BCUT2D eigenvalue weighted by Gasteiger charge is -2.33. The van der Waals surface area contributed by atoms with Gasteiger partial charge in [-0.15, -0.1) is 0 Å². The number of benzene rings is 1. The largest absolute Gasteiger partial charge is 0.366 e. The predicted octanol–water partition coefficient (Wildman–Crippen LogP) is 0.971. The topological polar surface area (TPSA) is 130 Å². The van der Waals surface area contributed by atoms with Gasteiger partial charge in [0.2, 0.25) is 10.0 Å². The lowest BCUT2D eigenvalue weighted by atomic mass is 9.99. The minimum absolute atomic E-state index is 0.131. The summed E-state index contributed by atoms with van der Waals surface area (Å²) in [6.07, 6.45) is 1.45. The second kappa shape index (κ2) is 6.29. The molecule has 1 aliphatic heterocycles. The lowest BCUT2D eigenvalue weighted by molar-refractivity contribution is -0.384. The van der Waals surface area contributed by atoms with Gasteiger partial charge in [-0.05, 0) is 30.9 Å². The molecule has 1 aliphatic rings. The molecule has 0 bridgehead atoms. The first-order chi connectivity index (χ1) is 10.3. The van der Waals surface area contributed by atoms with Crippen molar-refractivity contribution < 1.29 is 13.3 Å². The molecule has 0 aliphatic carbocycles. The third kappa shape index (κ3) is 3.93. The third-order valence-electron chi connectivity index (χ3n) is 3.63. The van der Waals surface area contributed by atoms with Crippen molar-refractivity contribution in [1.29, 1.82) is 5.26 Å². The van der Waals surface area contributed by atoms with Crippen LogP contribution in [0.4, 0.5) is 11.4 Å². The minimum atomic E-state index is -3.57. The van der Waals surface area contributed by atoms with Gasteiger partial charge in [-0.2, -0.15) is 5.26 Å². The molecule has 1 unspecified atom stereocenters. The molecule has 2 rings (SSSR count). The van der Waals surface area contributed by atoms with Gasteiger partial charge in [-0.1, -0.05) is 0 Å². The molecule has 1 atom stereocenters. The zero-order valence-corrected chi connectivity index (χ0v) is 12.6. The molecule has 118 valence electrons. The van der Waals surface area contributed by atoms with Crippen LogP contribution < -0.4 is 10.0 Å². The van der Waals surface area contributed by atoms with Crippen molar-refractivity contribution in [2.45, 2.75) is 12.8 Å². The predicted molar refractivity (Wildman–Crippen MR) is 80.7 cm³/mol. The minimum Gasteiger partial charge on any atom is -0.366 e. The molecular formula is C13H16N4O4S. The summed E-state index contributed by atoms with van der Waals surface area (Å²) in [6, 6.07) is 6.17. The summed E-state index contributed by atoms with van der Waals surface area (Å²) < 4.78 is 22.4. The van der Waals surface area contributed by atoms with Crippen LogP contribution in [0.3, 0.4) is 0 Å². The number of nitrogens with two attached hydrogens (primary N) is 1. The van der Waals surface area contributed by atoms with Gasteiger partial charge in [0.1, 0.15) is 5.69 Å². The van der Waals surface area contributed by atoms with Gasteiger partial charge < -0.3 is 4.90 Å². The van der Waals surface area contributed by atoms with Crippen LogP contribution in [0.1, 0.15) is 18.4 Å². The van der Waals surface area contributed by atoms with Gasteiger partial charge in [-0.3, -0.25) is 10.1 Å². The fraction of sp³-hybridized carbons (Fsp3) is 0.462. The van der Waals surface area contributed by atoms with Gasteiger partial charge in [0, 0.05) is 19.2 Å². The third-order valence-corrected chi connectivity index (χ3v) is 4.56. The summed E-state index contributed by atoms with van der Waals surface area (Å²) in [4.78, 5) is 12.5. The van der Waals surface area contributed by atoms with Gasteiger partial charge in [0.15, 0.2) is 0 Å². The number of sulfonamides is 1. The normalized spacial score (nSPS) is 18.7. The Kier molecular flexibility index (Phi) is 4.63. The van der Waals surface area contributed by atoms with Crippen LogP contribution in [0.5, 0.6) is 0 Å². The Bertz CT molecular complexity index is 726. The van der Waals surface area contributed by atoms with E-state index in [2.05, 4.69) is 0 Å². The van der Waals surface area contributed by atoms with E-state index in [4.69, 9.17) is 10.4 Å². The summed E-state index contributed by atoms with van der Waals surface area (Å²) in [5, 5.41) is 25.1. The second-order valence-electron chi connectivity index (χ2n) is 5.36. The number of rotatable bonds is 4. The maximum Gasteiger partial charge on any atom is 0.293 e. The molecular weight excluding hydrogens is 308 g/mol. The van der Waals surface area contributed by atoms with Gasteiger partial charge in [-0.25, -0.2) is 13.6 Å². The van der Waals surface area contributed by atoms with Crippen LogP contribution in [-0.4, -0.2) is 32.2 Å². The Morgan fingerprint density at radius 2 is 2.23 bits per heavy atom. The molecule has 8 nitrogen and oxygen atoms in total. The van der Waals surface area contributed by atoms with Crippen molar-refractivity contribution in [2.24, 2.45) is 11.1 Å². The lowest BCUT2D eigenvalue weighted by Crippen LogP contribution is -2.39. The Balaban J connectivity index is 2.27. The van der Waals surface area contributed by atoms with Crippen molar-refractivity contribution >= 4 is 21.4 Å². The van der Waals surface area contributed by atoms with Gasteiger partial charge >= 0.3 is 0 Å². The van der Waals surface area contributed by atoms with Crippen LogP contribution in [0.25, 0.3) is 0 Å². The van der Waals surface area contributed by atoms with E-state index in [1.165, 1.54) is 18.2 Å². The molecule has 2 N–H and O–H groups in total. The Morgan fingerprint density at radius 3 is 2.82 bits per heavy atom. The first-order valence-corrected chi connectivity index (χ1v) is 8.45. The zero-order chi connectivity index (χ0) is 16.3. The first-order valence-electron chi connectivity index (χ1n) is 6.74. The molecule has 1 heterocycles. The van der Waals surface area contributed by atoms with E-state index >= 15 is 0 Å². The van der Waals surface area contributed by atoms with Gasteiger partial charge in [0.05, 0.1) is 22.3 Å². The average Bonchev–Trinajstić information content (AvgIpc) is 2.45. The molecule has 1 aromatic rings. The maximum atomic E-state index is 11.2. The van der Waals surface area contributed by atoms with Crippen LogP contribution in [0.2, 0.25) is 0 Å². The number of primary sulfonamides is 1. The number of anilines is 1. The number of nitrogens with zero attached hydrogens (tertiary/aromatic N) is 3. The Hall–Kier alpha value is -2.18. The second-order valence-corrected chi connectivity index (χ2v) is 7.02. The smallest absolute Gasteiger partial charge is 0.293 e. The number of hydrogen-bond donors (Lipinski definition) is 1. The van der Waals surface area contributed by atoms with E-state index < -0.39 is 14.9 Å². The molecule has 0 aromatic heterocycles. The summed E-state index contributed by atoms with van der Waals surface area (Å²) in [7, 11) is -3.57. The Labute approximate surface area is 128 Å². The van der Waals surface area contributed by atoms with Crippen molar-refractivity contribution in [3.8, 4) is 6.07 Å². The number of nitro groups is 1. The van der Waals surface area contributed by atoms with E-state index in [9.17, 15) is 18.5 Å². The molecule has 0 amide bonds.